The maximum Gasteiger partial charge on any atom is 0.472 e. The molecule has 0 aromatic heterocycles. The van der Waals surface area contributed by atoms with E-state index in [1.165, 1.54) is 70.6 Å². The number of nitrogens with zero attached hydrogens (tertiary/aromatic N) is 1. The highest BCUT2D eigenvalue weighted by atomic mass is 31.2. The molecular formula is C23H49NO4P+. The lowest BCUT2D eigenvalue weighted by molar-refractivity contribution is -0.870. The molecule has 0 aliphatic heterocycles. The lowest BCUT2D eigenvalue weighted by Gasteiger charge is -2.24. The number of rotatable bonds is 21. The molecule has 1 unspecified atom stereocenters. The van der Waals surface area contributed by atoms with E-state index < -0.39 is 7.82 Å². The van der Waals surface area contributed by atoms with Gasteiger partial charge in [0.25, 0.3) is 0 Å². The zero-order chi connectivity index (χ0) is 21.8. The molecule has 0 amide bonds. The third kappa shape index (κ3) is 24.0. The molecule has 5 nitrogen and oxygen atoms in total. The van der Waals surface area contributed by atoms with Crippen molar-refractivity contribution in [3.63, 3.8) is 0 Å². The number of allylic oxidation sites excluding steroid dienone is 2. The summed E-state index contributed by atoms with van der Waals surface area (Å²) < 4.78 is 22.5. The Labute approximate surface area is 181 Å². The third-order valence-electron chi connectivity index (χ3n) is 4.93. The van der Waals surface area contributed by atoms with Gasteiger partial charge in [0.05, 0.1) is 27.7 Å². The van der Waals surface area contributed by atoms with Crippen LogP contribution in [0.2, 0.25) is 0 Å². The van der Waals surface area contributed by atoms with E-state index in [1.807, 2.05) is 21.1 Å². The molecule has 0 fully saturated rings. The van der Waals surface area contributed by atoms with Crippen LogP contribution in [0, 0.1) is 0 Å². The second-order valence-corrected chi connectivity index (χ2v) is 10.5. The van der Waals surface area contributed by atoms with Gasteiger partial charge in [-0.1, -0.05) is 76.9 Å². The molecule has 1 atom stereocenters. The zero-order valence-electron chi connectivity index (χ0n) is 19.7. The first kappa shape index (κ1) is 28.8. The highest BCUT2D eigenvalue weighted by molar-refractivity contribution is 7.47. The number of hydrogen-bond donors (Lipinski definition) is 1. The Morgan fingerprint density at radius 2 is 1.17 bits per heavy atom. The molecular weight excluding hydrogens is 385 g/mol. The fourth-order valence-corrected chi connectivity index (χ4v) is 3.74. The fourth-order valence-electron chi connectivity index (χ4n) is 3.00. The van der Waals surface area contributed by atoms with E-state index in [2.05, 4.69) is 19.1 Å². The minimum absolute atomic E-state index is 0.227. The van der Waals surface area contributed by atoms with Gasteiger partial charge in [-0.3, -0.25) is 9.05 Å². The van der Waals surface area contributed by atoms with Gasteiger partial charge in [0.15, 0.2) is 0 Å². The van der Waals surface area contributed by atoms with Gasteiger partial charge in [-0.05, 0) is 32.1 Å². The first-order chi connectivity index (χ1) is 13.8. The van der Waals surface area contributed by atoms with Crippen LogP contribution in [-0.2, 0) is 13.6 Å². The second-order valence-electron chi connectivity index (χ2n) is 9.09. The molecule has 0 radical (unpaired) electrons. The zero-order valence-corrected chi connectivity index (χ0v) is 20.6. The molecule has 0 heterocycles. The van der Waals surface area contributed by atoms with Crippen molar-refractivity contribution >= 4 is 7.82 Å². The Morgan fingerprint density at radius 3 is 1.69 bits per heavy atom. The molecule has 0 aliphatic rings. The number of unbranched alkanes of at least 4 members (excludes halogenated alkanes) is 12. The van der Waals surface area contributed by atoms with E-state index >= 15 is 0 Å². The molecule has 0 aliphatic carbocycles. The maximum atomic E-state index is 11.8. The molecule has 0 bridgehead atoms. The van der Waals surface area contributed by atoms with Crippen molar-refractivity contribution in [2.45, 2.75) is 96.8 Å². The van der Waals surface area contributed by atoms with E-state index in [-0.39, 0.29) is 6.61 Å². The number of likely N-dealkylation sites (N-methyl/N-ethyl adjacent to an activating group) is 1. The van der Waals surface area contributed by atoms with Crippen LogP contribution in [0.25, 0.3) is 0 Å². The first-order valence-corrected chi connectivity index (χ1v) is 13.3. The molecule has 0 aromatic carbocycles. The molecule has 174 valence electrons. The Balaban J connectivity index is 3.36. The Hall–Kier alpha value is -0.190. The van der Waals surface area contributed by atoms with Crippen molar-refractivity contribution in [1.29, 1.82) is 0 Å². The number of phosphoric acid groups is 1. The van der Waals surface area contributed by atoms with Crippen molar-refractivity contribution in [2.24, 2.45) is 0 Å². The summed E-state index contributed by atoms with van der Waals surface area (Å²) in [7, 11) is 2.15. The van der Waals surface area contributed by atoms with Gasteiger partial charge in [-0.25, -0.2) is 4.57 Å². The summed E-state index contributed by atoms with van der Waals surface area (Å²) in [4.78, 5) is 9.63. The summed E-state index contributed by atoms with van der Waals surface area (Å²) in [5.41, 5.74) is 0. The van der Waals surface area contributed by atoms with Crippen LogP contribution in [-0.4, -0.2) is 50.3 Å². The molecule has 0 rings (SSSR count). The highest BCUT2D eigenvalue weighted by Gasteiger charge is 2.21. The molecule has 0 spiro atoms. The summed E-state index contributed by atoms with van der Waals surface area (Å²) in [6, 6.07) is 0. The van der Waals surface area contributed by atoms with Gasteiger partial charge in [0.1, 0.15) is 13.2 Å². The van der Waals surface area contributed by atoms with Crippen molar-refractivity contribution in [3.8, 4) is 0 Å². The standard InChI is InChI=1S/C23H48NO4P/c1-5-6-7-8-9-10-11-12-13-14-15-16-17-18-19-20-22-27-29(25,26)28-23-21-24(2,3)4/h12-13H,5-11,14-23H2,1-4H3/p+1/b13-12-. The second kappa shape index (κ2) is 18.6. The maximum absolute atomic E-state index is 11.8. The van der Waals surface area contributed by atoms with Crippen LogP contribution in [0.5, 0.6) is 0 Å². The molecule has 0 saturated carbocycles. The molecule has 1 N–H and O–H groups in total. The lowest BCUT2D eigenvalue weighted by Crippen LogP contribution is -2.37. The SMILES string of the molecule is CCCCCCCC/C=C\CCCCCCCCOP(=O)(O)OCC[N+](C)(C)C. The van der Waals surface area contributed by atoms with E-state index in [4.69, 9.17) is 9.05 Å². The van der Waals surface area contributed by atoms with Crippen LogP contribution in [0.1, 0.15) is 96.8 Å². The van der Waals surface area contributed by atoms with Gasteiger partial charge in [-0.2, -0.15) is 0 Å². The monoisotopic (exact) mass is 434 g/mol. The van der Waals surface area contributed by atoms with Crippen LogP contribution in [0.4, 0.5) is 0 Å². The van der Waals surface area contributed by atoms with Gasteiger partial charge in [0.2, 0.25) is 0 Å². The Kier molecular flexibility index (Phi) is 18.4. The minimum Gasteiger partial charge on any atom is -0.329 e. The smallest absolute Gasteiger partial charge is 0.329 e. The average molecular weight is 435 g/mol. The van der Waals surface area contributed by atoms with Crippen molar-refractivity contribution < 1.29 is 23.0 Å². The Bertz CT molecular complexity index is 435. The minimum atomic E-state index is -3.89. The molecule has 6 heteroatoms. The largest absolute Gasteiger partial charge is 0.472 e. The van der Waals surface area contributed by atoms with Crippen molar-refractivity contribution in [2.75, 3.05) is 40.9 Å². The van der Waals surface area contributed by atoms with E-state index in [1.54, 1.807) is 0 Å². The average Bonchev–Trinajstić information content (AvgIpc) is 2.63. The quantitative estimate of drug-likeness (QED) is 0.0927. The summed E-state index contributed by atoms with van der Waals surface area (Å²) in [5.74, 6) is 0. The van der Waals surface area contributed by atoms with Gasteiger partial charge in [-0.15, -0.1) is 0 Å². The summed E-state index contributed by atoms with van der Waals surface area (Å²) in [6.45, 7) is 3.45. The van der Waals surface area contributed by atoms with Crippen molar-refractivity contribution in [1.82, 2.24) is 0 Å². The normalized spacial score (nSPS) is 14.5. The highest BCUT2D eigenvalue weighted by Crippen LogP contribution is 2.43. The first-order valence-electron chi connectivity index (χ1n) is 11.8. The third-order valence-corrected chi connectivity index (χ3v) is 5.94. The summed E-state index contributed by atoms with van der Waals surface area (Å²) in [5, 5.41) is 0. The van der Waals surface area contributed by atoms with Crippen molar-refractivity contribution in [3.05, 3.63) is 12.2 Å². The van der Waals surface area contributed by atoms with Gasteiger partial charge in [0, 0.05) is 0 Å². The fraction of sp³-hybridized carbons (Fsp3) is 0.913. The van der Waals surface area contributed by atoms with E-state index in [0.29, 0.717) is 17.6 Å². The predicted octanol–water partition coefficient (Wildman–Crippen LogP) is 6.86. The lowest BCUT2D eigenvalue weighted by atomic mass is 10.1. The predicted molar refractivity (Wildman–Crippen MR) is 124 cm³/mol. The van der Waals surface area contributed by atoms with E-state index in [0.717, 1.165) is 19.3 Å². The number of quaternary nitrogens is 1. The van der Waals surface area contributed by atoms with Crippen LogP contribution < -0.4 is 0 Å². The molecule has 0 saturated heterocycles. The van der Waals surface area contributed by atoms with Gasteiger partial charge >= 0.3 is 7.82 Å². The van der Waals surface area contributed by atoms with E-state index in [9.17, 15) is 9.46 Å². The van der Waals surface area contributed by atoms with Crippen LogP contribution >= 0.6 is 7.82 Å². The summed E-state index contributed by atoms with van der Waals surface area (Å²) >= 11 is 0. The topological polar surface area (TPSA) is 55.8 Å². The Morgan fingerprint density at radius 1 is 0.724 bits per heavy atom. The molecule has 0 aromatic rings. The van der Waals surface area contributed by atoms with Gasteiger partial charge < -0.3 is 9.38 Å². The number of hydrogen-bond acceptors (Lipinski definition) is 3. The number of phosphoric ester groups is 1. The van der Waals surface area contributed by atoms with Crippen LogP contribution in [0.15, 0.2) is 12.2 Å². The van der Waals surface area contributed by atoms with Crippen LogP contribution in [0.3, 0.4) is 0 Å². The molecule has 29 heavy (non-hydrogen) atoms. The summed E-state index contributed by atoms with van der Waals surface area (Å²) in [6.07, 6.45) is 22.1.